The summed E-state index contributed by atoms with van der Waals surface area (Å²) in [6.07, 6.45) is 1.84. The van der Waals surface area contributed by atoms with Crippen LogP contribution in [0.3, 0.4) is 0 Å². The summed E-state index contributed by atoms with van der Waals surface area (Å²) in [7, 11) is 0. The average Bonchev–Trinajstić information content (AvgIpc) is 3.30. The average molecular weight is 385 g/mol. The van der Waals surface area contributed by atoms with Crippen molar-refractivity contribution in [1.29, 1.82) is 0 Å². The topological polar surface area (TPSA) is 83.8 Å². The maximum Gasteiger partial charge on any atom is 0.277 e. The van der Waals surface area contributed by atoms with Gasteiger partial charge in [0, 0.05) is 27.7 Å². The van der Waals surface area contributed by atoms with E-state index in [2.05, 4.69) is 20.5 Å². The van der Waals surface area contributed by atoms with Crippen molar-refractivity contribution in [2.24, 2.45) is 0 Å². The van der Waals surface area contributed by atoms with Crippen LogP contribution in [-0.2, 0) is 4.79 Å². The lowest BCUT2D eigenvalue weighted by Crippen LogP contribution is -2.14. The second-order valence-corrected chi connectivity index (χ2v) is 6.82. The lowest BCUT2D eigenvalue weighted by atomic mass is 10.2. The SMILES string of the molecule is O=C(CSc1nnc(-c2ccc(Cl)cc2)o1)Nc1cccc2[nH]ccc12. The highest BCUT2D eigenvalue weighted by atomic mass is 35.5. The van der Waals surface area contributed by atoms with E-state index >= 15 is 0 Å². The number of hydrogen-bond donors (Lipinski definition) is 2. The molecule has 0 spiro atoms. The maximum absolute atomic E-state index is 12.2. The molecule has 2 aromatic heterocycles. The van der Waals surface area contributed by atoms with Gasteiger partial charge in [-0.05, 0) is 42.5 Å². The molecule has 0 saturated carbocycles. The summed E-state index contributed by atoms with van der Waals surface area (Å²) in [5.74, 6) is 0.417. The van der Waals surface area contributed by atoms with Gasteiger partial charge in [0.1, 0.15) is 0 Å². The van der Waals surface area contributed by atoms with E-state index in [4.69, 9.17) is 16.0 Å². The number of hydrogen-bond acceptors (Lipinski definition) is 5. The number of carbonyl (C=O) groups is 1. The molecule has 2 heterocycles. The smallest absolute Gasteiger partial charge is 0.277 e. The van der Waals surface area contributed by atoms with Gasteiger partial charge in [-0.1, -0.05) is 29.4 Å². The van der Waals surface area contributed by atoms with Gasteiger partial charge in [-0.15, -0.1) is 10.2 Å². The fraction of sp³-hybridized carbons (Fsp3) is 0.0556. The van der Waals surface area contributed by atoms with Crippen molar-refractivity contribution in [3.8, 4) is 11.5 Å². The van der Waals surface area contributed by atoms with E-state index in [0.29, 0.717) is 16.1 Å². The normalized spacial score (nSPS) is 11.0. The standard InChI is InChI=1S/C18H13ClN4O2S/c19-12-6-4-11(5-7-12)17-22-23-18(25-17)26-10-16(24)21-15-3-1-2-14-13(15)8-9-20-14/h1-9,20H,10H2,(H,21,24). The predicted octanol–water partition coefficient (Wildman–Crippen LogP) is 4.60. The largest absolute Gasteiger partial charge is 0.411 e. The Morgan fingerprint density at radius 1 is 1.15 bits per heavy atom. The first kappa shape index (κ1) is 16.7. The monoisotopic (exact) mass is 384 g/mol. The van der Waals surface area contributed by atoms with E-state index in [1.165, 1.54) is 11.8 Å². The Hall–Kier alpha value is -2.77. The van der Waals surface area contributed by atoms with Crippen LogP contribution in [0.1, 0.15) is 0 Å². The summed E-state index contributed by atoms with van der Waals surface area (Å²) in [4.78, 5) is 15.3. The Labute approximate surface area is 158 Å². The second-order valence-electron chi connectivity index (χ2n) is 5.46. The molecule has 6 nitrogen and oxygen atoms in total. The molecule has 2 N–H and O–H groups in total. The third-order valence-electron chi connectivity index (χ3n) is 3.69. The minimum absolute atomic E-state index is 0.144. The summed E-state index contributed by atoms with van der Waals surface area (Å²) in [5, 5.41) is 12.8. The number of fused-ring (bicyclic) bond motifs is 1. The molecular weight excluding hydrogens is 372 g/mol. The number of rotatable bonds is 5. The molecule has 0 aliphatic carbocycles. The van der Waals surface area contributed by atoms with Crippen LogP contribution in [0.5, 0.6) is 0 Å². The first-order valence-corrected chi connectivity index (χ1v) is 9.13. The molecule has 8 heteroatoms. The van der Waals surface area contributed by atoms with Crippen LogP contribution in [0.25, 0.3) is 22.4 Å². The molecule has 26 heavy (non-hydrogen) atoms. The second kappa shape index (κ2) is 7.23. The van der Waals surface area contributed by atoms with Crippen molar-refractivity contribution in [3.05, 3.63) is 59.8 Å². The van der Waals surface area contributed by atoms with Gasteiger partial charge in [-0.3, -0.25) is 4.79 Å². The number of halogens is 1. The Balaban J connectivity index is 1.39. The molecule has 0 unspecified atom stereocenters. The zero-order chi connectivity index (χ0) is 17.9. The highest BCUT2D eigenvalue weighted by molar-refractivity contribution is 7.99. The molecule has 0 aliphatic rings. The van der Waals surface area contributed by atoms with Gasteiger partial charge in [0.15, 0.2) is 0 Å². The molecular formula is C18H13ClN4O2S. The minimum atomic E-state index is -0.144. The predicted molar refractivity (Wildman–Crippen MR) is 102 cm³/mol. The first-order valence-electron chi connectivity index (χ1n) is 7.77. The number of nitrogens with zero attached hydrogens (tertiary/aromatic N) is 2. The number of anilines is 1. The van der Waals surface area contributed by atoms with Crippen molar-refractivity contribution in [2.75, 3.05) is 11.1 Å². The van der Waals surface area contributed by atoms with E-state index < -0.39 is 0 Å². The van der Waals surface area contributed by atoms with Crippen LogP contribution < -0.4 is 5.32 Å². The van der Waals surface area contributed by atoms with Gasteiger partial charge >= 0.3 is 0 Å². The molecule has 0 radical (unpaired) electrons. The molecule has 4 aromatic rings. The lowest BCUT2D eigenvalue weighted by Gasteiger charge is -2.05. The number of carbonyl (C=O) groups excluding carboxylic acids is 1. The number of aromatic nitrogens is 3. The molecule has 1 amide bonds. The molecule has 0 atom stereocenters. The van der Waals surface area contributed by atoms with Crippen LogP contribution >= 0.6 is 23.4 Å². The Kier molecular flexibility index (Phi) is 4.64. The van der Waals surface area contributed by atoms with Gasteiger partial charge < -0.3 is 14.7 Å². The van der Waals surface area contributed by atoms with Crippen molar-refractivity contribution >= 4 is 45.9 Å². The maximum atomic E-state index is 12.2. The summed E-state index contributed by atoms with van der Waals surface area (Å²) >= 11 is 7.05. The first-order chi connectivity index (χ1) is 12.7. The zero-order valence-electron chi connectivity index (χ0n) is 13.4. The van der Waals surface area contributed by atoms with E-state index in [1.54, 1.807) is 24.3 Å². The highest BCUT2D eigenvalue weighted by Crippen LogP contribution is 2.25. The number of H-pyrrole nitrogens is 1. The van der Waals surface area contributed by atoms with Crippen LogP contribution in [-0.4, -0.2) is 26.8 Å². The fourth-order valence-corrected chi connectivity index (χ4v) is 3.17. The van der Waals surface area contributed by atoms with Crippen LogP contribution in [0.15, 0.2) is 64.4 Å². The van der Waals surface area contributed by atoms with E-state index in [0.717, 1.165) is 22.2 Å². The van der Waals surface area contributed by atoms with E-state index in [1.807, 2.05) is 30.5 Å². The molecule has 4 rings (SSSR count). The van der Waals surface area contributed by atoms with Gasteiger partial charge in [-0.25, -0.2) is 0 Å². The summed E-state index contributed by atoms with van der Waals surface area (Å²) in [5.41, 5.74) is 2.51. The zero-order valence-corrected chi connectivity index (χ0v) is 15.0. The number of aromatic amines is 1. The van der Waals surface area contributed by atoms with Crippen LogP contribution in [0, 0.1) is 0 Å². The molecule has 0 aliphatic heterocycles. The van der Waals surface area contributed by atoms with Crippen LogP contribution in [0.2, 0.25) is 5.02 Å². The number of benzene rings is 2. The quantitative estimate of drug-likeness (QED) is 0.491. The third-order valence-corrected chi connectivity index (χ3v) is 4.76. The van der Waals surface area contributed by atoms with Gasteiger partial charge in [-0.2, -0.15) is 0 Å². The Morgan fingerprint density at radius 3 is 2.85 bits per heavy atom. The molecule has 0 bridgehead atoms. The number of amides is 1. The lowest BCUT2D eigenvalue weighted by molar-refractivity contribution is -0.113. The number of thioether (sulfide) groups is 1. The summed E-state index contributed by atoms with van der Waals surface area (Å²) < 4.78 is 5.58. The Bertz CT molecular complexity index is 1060. The van der Waals surface area contributed by atoms with Gasteiger partial charge in [0.25, 0.3) is 5.22 Å². The Morgan fingerprint density at radius 2 is 2.00 bits per heavy atom. The molecule has 130 valence electrons. The summed E-state index contributed by atoms with van der Waals surface area (Å²) in [6.45, 7) is 0. The minimum Gasteiger partial charge on any atom is -0.411 e. The van der Waals surface area contributed by atoms with Gasteiger partial charge in [0.2, 0.25) is 11.8 Å². The van der Waals surface area contributed by atoms with E-state index in [9.17, 15) is 4.79 Å². The van der Waals surface area contributed by atoms with Crippen molar-refractivity contribution in [3.63, 3.8) is 0 Å². The van der Waals surface area contributed by atoms with Crippen LogP contribution in [0.4, 0.5) is 5.69 Å². The van der Waals surface area contributed by atoms with Crippen molar-refractivity contribution in [2.45, 2.75) is 5.22 Å². The van der Waals surface area contributed by atoms with Gasteiger partial charge in [0.05, 0.1) is 11.4 Å². The molecule has 0 fully saturated rings. The third kappa shape index (κ3) is 3.58. The number of nitrogens with one attached hydrogen (secondary N) is 2. The van der Waals surface area contributed by atoms with E-state index in [-0.39, 0.29) is 11.7 Å². The highest BCUT2D eigenvalue weighted by Gasteiger charge is 2.12. The van der Waals surface area contributed by atoms with Crippen molar-refractivity contribution in [1.82, 2.24) is 15.2 Å². The summed E-state index contributed by atoms with van der Waals surface area (Å²) in [6, 6.07) is 14.7. The fourth-order valence-electron chi connectivity index (χ4n) is 2.49. The van der Waals surface area contributed by atoms with Crippen molar-refractivity contribution < 1.29 is 9.21 Å². The molecule has 0 saturated heterocycles. The molecule has 2 aromatic carbocycles.